The van der Waals surface area contributed by atoms with Crippen LogP contribution in [0.4, 0.5) is 0 Å². The molecule has 3 nitrogen and oxygen atoms in total. The molecule has 0 amide bonds. The number of hydrogen-bond donors (Lipinski definition) is 0. The third-order valence-electron chi connectivity index (χ3n) is 11.0. The highest BCUT2D eigenvalue weighted by Gasteiger charge is 2.27. The van der Waals surface area contributed by atoms with Gasteiger partial charge in [-0.2, -0.15) is 13.7 Å². The zero-order valence-corrected chi connectivity index (χ0v) is 35.1. The average molecular weight is 723 g/mol. The second-order valence-corrected chi connectivity index (χ2v) is 17.7. The van der Waals surface area contributed by atoms with Crippen molar-refractivity contribution in [3.63, 3.8) is 0 Å². The molecule has 0 saturated carbocycles. The number of nitrogens with zero attached hydrogens (tertiary/aromatic N) is 3. The molecule has 0 aliphatic heterocycles. The van der Waals surface area contributed by atoms with Gasteiger partial charge in [-0.1, -0.05) is 120 Å². The summed E-state index contributed by atoms with van der Waals surface area (Å²) in [4.78, 5) is 4.75. The van der Waals surface area contributed by atoms with E-state index in [0.29, 0.717) is 29.6 Å². The van der Waals surface area contributed by atoms with Gasteiger partial charge < -0.3 is 0 Å². The van der Waals surface area contributed by atoms with Crippen LogP contribution in [0.1, 0.15) is 185 Å². The molecule has 0 N–H and O–H groups in total. The number of aryl methyl sites for hydroxylation is 3. The lowest BCUT2D eigenvalue weighted by atomic mass is 9.81. The van der Waals surface area contributed by atoms with E-state index in [9.17, 15) is 0 Å². The molecule has 4 aromatic rings. The highest BCUT2D eigenvalue weighted by atomic mass is 32.1. The molecular weight excluding hydrogens is 655 g/mol. The molecule has 1 aromatic carbocycles. The van der Waals surface area contributed by atoms with E-state index in [1.807, 2.05) is 34.0 Å². The average Bonchev–Trinajstić information content (AvgIpc) is 3.77. The molecule has 0 fully saturated rings. The van der Waals surface area contributed by atoms with Gasteiger partial charge in [-0.3, -0.25) is 0 Å². The molecule has 5 atom stereocenters. The summed E-state index contributed by atoms with van der Waals surface area (Å²) in [5.74, 6) is 2.90. The fourth-order valence-electron chi connectivity index (χ4n) is 8.06. The summed E-state index contributed by atoms with van der Waals surface area (Å²) < 4.78 is 7.42. The first-order chi connectivity index (χ1) is 23.6. The van der Waals surface area contributed by atoms with Gasteiger partial charge >= 0.3 is 0 Å². The highest BCUT2D eigenvalue weighted by molar-refractivity contribution is 7.10. The lowest BCUT2D eigenvalue weighted by Gasteiger charge is -2.24. The van der Waals surface area contributed by atoms with Crippen molar-refractivity contribution in [3.05, 3.63) is 83.6 Å². The minimum atomic E-state index is 0.556. The van der Waals surface area contributed by atoms with E-state index in [2.05, 4.69) is 124 Å². The van der Waals surface area contributed by atoms with E-state index in [4.69, 9.17) is 0 Å². The first kappa shape index (κ1) is 39.9. The Morgan fingerprint density at radius 3 is 1.22 bits per heavy atom. The van der Waals surface area contributed by atoms with Crippen molar-refractivity contribution in [1.82, 2.24) is 0 Å². The molecule has 49 heavy (non-hydrogen) atoms. The van der Waals surface area contributed by atoms with Crippen LogP contribution < -0.4 is 13.7 Å². The third kappa shape index (κ3) is 10.3. The summed E-state index contributed by atoms with van der Waals surface area (Å²) in [6, 6.07) is 10.1. The van der Waals surface area contributed by atoms with Gasteiger partial charge in [0.05, 0.1) is 14.6 Å². The van der Waals surface area contributed by atoms with Gasteiger partial charge in [0.25, 0.3) is 0 Å². The fraction of sp³-hybridized carbons (Fsp3) is 0.651. The monoisotopic (exact) mass is 722 g/mol. The first-order valence-electron chi connectivity index (χ1n) is 19.6. The fourth-order valence-corrected chi connectivity index (χ4v) is 11.4. The van der Waals surface area contributed by atoms with E-state index in [1.165, 1.54) is 81.3 Å². The van der Waals surface area contributed by atoms with Crippen LogP contribution in [0.15, 0.2) is 40.8 Å². The number of rotatable bonds is 21. The van der Waals surface area contributed by atoms with Gasteiger partial charge in [0.2, 0.25) is 16.5 Å². The Morgan fingerprint density at radius 2 is 0.857 bits per heavy atom. The van der Waals surface area contributed by atoms with Crippen molar-refractivity contribution in [2.24, 2.45) is 0 Å². The van der Waals surface area contributed by atoms with Crippen LogP contribution in [0.25, 0.3) is 0 Å². The smallest absolute Gasteiger partial charge is 0.193 e. The molecule has 4 rings (SSSR count). The van der Waals surface area contributed by atoms with E-state index < -0.39 is 0 Å². The second-order valence-electron chi connectivity index (χ2n) is 15.1. The van der Waals surface area contributed by atoms with Crippen molar-refractivity contribution in [2.45, 2.75) is 183 Å². The van der Waals surface area contributed by atoms with Crippen LogP contribution in [0, 0.1) is 20.8 Å². The minimum Gasteiger partial charge on any atom is -0.193 e. The number of hydrogen-bond acceptors (Lipinski definition) is 3. The summed E-state index contributed by atoms with van der Waals surface area (Å²) >= 11 is 5.92. The highest BCUT2D eigenvalue weighted by Crippen LogP contribution is 2.40. The molecule has 0 saturated heterocycles. The van der Waals surface area contributed by atoms with E-state index in [1.54, 1.807) is 25.8 Å². The second kappa shape index (κ2) is 19.6. The van der Waals surface area contributed by atoms with Gasteiger partial charge in [0.1, 0.15) is 19.6 Å². The Balaban J connectivity index is 1.56. The van der Waals surface area contributed by atoms with Crippen molar-refractivity contribution < 1.29 is 13.7 Å². The molecular formula is C43H68N3S3+3. The molecule has 3 heterocycles. The van der Waals surface area contributed by atoms with Crippen LogP contribution in [0.3, 0.4) is 0 Å². The van der Waals surface area contributed by atoms with E-state index >= 15 is 0 Å². The molecule has 6 heteroatoms. The Bertz CT molecular complexity index is 1540. The van der Waals surface area contributed by atoms with Crippen LogP contribution >= 0.6 is 34.0 Å². The molecule has 0 radical (unpaired) electrons. The third-order valence-corrected chi connectivity index (χ3v) is 15.0. The normalized spacial score (nSPS) is 15.0. The zero-order valence-electron chi connectivity index (χ0n) is 32.7. The quantitative estimate of drug-likeness (QED) is 0.0759. The predicted molar refractivity (Wildman–Crippen MR) is 214 cm³/mol. The largest absolute Gasteiger partial charge is 0.225 e. The summed E-state index contributed by atoms with van der Waals surface area (Å²) in [7, 11) is 0. The Kier molecular flexibility index (Phi) is 16.0. The number of aromatic nitrogens is 3. The van der Waals surface area contributed by atoms with Crippen molar-refractivity contribution >= 4 is 34.0 Å². The van der Waals surface area contributed by atoms with Crippen molar-refractivity contribution in [2.75, 3.05) is 0 Å². The maximum atomic E-state index is 2.52. The molecule has 0 bridgehead atoms. The summed E-state index contributed by atoms with van der Waals surface area (Å²) in [6.07, 6.45) is 12.3. The van der Waals surface area contributed by atoms with E-state index in [0.717, 1.165) is 19.6 Å². The topological polar surface area (TPSA) is 11.6 Å². The SMILES string of the molecule is CCCCC(CC(C)c1sc[n+](CCC)c1C)c1ccc(C(CCC(C)c2sc[n+](CCC)c2C)CC(C)c2sc[n+](CCC)c2C)cc1. The van der Waals surface area contributed by atoms with Crippen molar-refractivity contribution in [1.29, 1.82) is 0 Å². The van der Waals surface area contributed by atoms with Gasteiger partial charge in [0.15, 0.2) is 17.1 Å². The minimum absolute atomic E-state index is 0.556. The molecule has 0 aliphatic carbocycles. The number of benzene rings is 1. The summed E-state index contributed by atoms with van der Waals surface area (Å²) in [5, 5.41) is 0. The summed E-state index contributed by atoms with van der Waals surface area (Å²) in [6.45, 7) is 27.0. The molecule has 0 spiro atoms. The number of unbranched alkanes of at least 4 members (excludes halogenated alkanes) is 1. The van der Waals surface area contributed by atoms with Crippen LogP contribution in [-0.2, 0) is 19.6 Å². The zero-order chi connectivity index (χ0) is 35.5. The predicted octanol–water partition coefficient (Wildman–Crippen LogP) is 12.2. The molecule has 0 aliphatic rings. The maximum absolute atomic E-state index is 2.52. The molecule has 3 aromatic heterocycles. The van der Waals surface area contributed by atoms with Crippen LogP contribution in [-0.4, -0.2) is 0 Å². The maximum Gasteiger partial charge on any atom is 0.225 e. The Hall–Kier alpha value is -1.89. The summed E-state index contributed by atoms with van der Waals surface area (Å²) in [5.41, 5.74) is 14.6. The van der Waals surface area contributed by atoms with E-state index in [-0.39, 0.29) is 0 Å². The Labute approximate surface area is 312 Å². The van der Waals surface area contributed by atoms with Crippen molar-refractivity contribution in [3.8, 4) is 0 Å². The van der Waals surface area contributed by atoms with Crippen LogP contribution in [0.5, 0.6) is 0 Å². The molecule has 5 unspecified atom stereocenters. The lowest BCUT2D eigenvalue weighted by Crippen LogP contribution is -2.34. The van der Waals surface area contributed by atoms with Gasteiger partial charge in [-0.15, -0.1) is 0 Å². The van der Waals surface area contributed by atoms with Crippen LogP contribution in [0.2, 0.25) is 0 Å². The van der Waals surface area contributed by atoms with Gasteiger partial charge in [-0.25, -0.2) is 0 Å². The number of thiazole rings is 3. The Morgan fingerprint density at radius 1 is 0.490 bits per heavy atom. The lowest BCUT2D eigenvalue weighted by molar-refractivity contribution is -0.698. The standard InChI is InChI=1S/C43H68N3S3/c1-11-15-16-39(26-32(6)42-35(9)45(24-13-3)29-48-42)37-19-21-38(22-20-37)40(27-33(7)43-36(10)46(25-14-4)30-49-43)18-17-31(5)41-34(8)44(23-12-2)28-47-41/h19-22,28-33,39-40H,11-18,23-27H2,1-10H3/q+3. The first-order valence-corrected chi connectivity index (χ1v) is 22.3. The van der Waals surface area contributed by atoms with Gasteiger partial charge in [0, 0.05) is 40.0 Å². The molecule has 270 valence electrons. The van der Waals surface area contributed by atoms with Gasteiger partial charge in [-0.05, 0) is 72.8 Å².